The quantitative estimate of drug-likeness (QED) is 0.726. The molecule has 1 aliphatic heterocycles. The summed E-state index contributed by atoms with van der Waals surface area (Å²) in [6.45, 7) is 7.07. The summed E-state index contributed by atoms with van der Waals surface area (Å²) in [5.41, 5.74) is 0.794. The second-order valence-electron chi connectivity index (χ2n) is 7.79. The predicted octanol–water partition coefficient (Wildman–Crippen LogP) is 2.74. The molecule has 1 amide bonds. The smallest absolute Gasteiger partial charge is 0.241 e. The van der Waals surface area contributed by atoms with E-state index in [0.717, 1.165) is 24.9 Å². The van der Waals surface area contributed by atoms with Crippen LogP contribution in [0.25, 0.3) is 11.4 Å². The molecule has 3 rings (SSSR count). The lowest BCUT2D eigenvalue weighted by Gasteiger charge is -2.31. The molecule has 8 nitrogen and oxygen atoms in total. The van der Waals surface area contributed by atoms with Crippen molar-refractivity contribution in [3.05, 3.63) is 24.1 Å². The van der Waals surface area contributed by atoms with Gasteiger partial charge in [-0.3, -0.25) is 9.69 Å². The maximum atomic E-state index is 12.4. The number of carbonyl (C=O) groups excluding carboxylic acids is 1. The van der Waals surface area contributed by atoms with Gasteiger partial charge in [0.1, 0.15) is 0 Å². The van der Waals surface area contributed by atoms with Crippen molar-refractivity contribution in [1.29, 1.82) is 0 Å². The molecule has 2 aromatic rings. The number of aromatic nitrogens is 2. The van der Waals surface area contributed by atoms with E-state index in [1.54, 1.807) is 14.2 Å². The second-order valence-corrected chi connectivity index (χ2v) is 7.79. The second kappa shape index (κ2) is 9.73. The minimum atomic E-state index is 0.00995. The number of piperidine rings is 1. The van der Waals surface area contributed by atoms with Crippen LogP contribution < -0.4 is 14.8 Å². The van der Waals surface area contributed by atoms with Crippen molar-refractivity contribution in [1.82, 2.24) is 20.4 Å². The highest BCUT2D eigenvalue weighted by atomic mass is 16.5. The third-order valence-electron chi connectivity index (χ3n) is 5.03. The van der Waals surface area contributed by atoms with Crippen LogP contribution in [-0.2, 0) is 11.3 Å². The van der Waals surface area contributed by atoms with Gasteiger partial charge in [-0.25, -0.2) is 0 Å². The lowest BCUT2D eigenvalue weighted by molar-refractivity contribution is -0.127. The van der Waals surface area contributed by atoms with E-state index in [0.29, 0.717) is 48.8 Å². The Bertz CT molecular complexity index is 821. The molecule has 1 N–H and O–H groups in total. The number of carbonyl (C=O) groups is 1. The molecule has 1 aromatic heterocycles. The third-order valence-corrected chi connectivity index (χ3v) is 5.03. The van der Waals surface area contributed by atoms with Crippen molar-refractivity contribution < 1.29 is 18.8 Å². The molecule has 29 heavy (non-hydrogen) atoms. The normalized spacial score (nSPS) is 17.3. The first-order chi connectivity index (χ1) is 14.0. The molecule has 8 heteroatoms. The highest BCUT2D eigenvalue weighted by Gasteiger charge is 2.27. The van der Waals surface area contributed by atoms with Crippen molar-refractivity contribution in [2.45, 2.75) is 33.2 Å². The molecule has 0 radical (unpaired) electrons. The topological polar surface area (TPSA) is 89.7 Å². The molecule has 0 spiro atoms. The Morgan fingerprint density at radius 2 is 2.10 bits per heavy atom. The zero-order valence-electron chi connectivity index (χ0n) is 17.6. The van der Waals surface area contributed by atoms with Crippen LogP contribution in [-0.4, -0.2) is 54.8 Å². The number of hydrogen-bond donors (Lipinski definition) is 1. The Labute approximate surface area is 171 Å². The van der Waals surface area contributed by atoms with E-state index in [2.05, 4.69) is 34.2 Å². The number of benzene rings is 1. The number of ether oxygens (including phenoxy) is 2. The van der Waals surface area contributed by atoms with Gasteiger partial charge in [0.15, 0.2) is 11.5 Å². The van der Waals surface area contributed by atoms with Crippen LogP contribution >= 0.6 is 0 Å². The van der Waals surface area contributed by atoms with Gasteiger partial charge in [0.2, 0.25) is 17.6 Å². The molecule has 1 saturated heterocycles. The molecular formula is C21H30N4O4. The largest absolute Gasteiger partial charge is 0.493 e. The minimum absolute atomic E-state index is 0.00995. The van der Waals surface area contributed by atoms with Crippen LogP contribution in [0.5, 0.6) is 11.5 Å². The lowest BCUT2D eigenvalue weighted by atomic mass is 9.97. The fraction of sp³-hybridized carbons (Fsp3) is 0.571. The summed E-state index contributed by atoms with van der Waals surface area (Å²) >= 11 is 0. The number of hydrogen-bond acceptors (Lipinski definition) is 7. The number of nitrogens with zero attached hydrogens (tertiary/aromatic N) is 3. The van der Waals surface area contributed by atoms with Crippen molar-refractivity contribution in [2.24, 2.45) is 11.8 Å². The summed E-state index contributed by atoms with van der Waals surface area (Å²) in [4.78, 5) is 19.1. The van der Waals surface area contributed by atoms with Gasteiger partial charge in [-0.1, -0.05) is 19.0 Å². The number of amides is 1. The summed E-state index contributed by atoms with van der Waals surface area (Å²) in [5, 5.41) is 7.14. The standard InChI is InChI=1S/C21H30N4O4/c1-14(2)11-22-21(26)16-6-5-9-25(12-16)13-19-23-20(24-29-19)15-7-8-17(27-3)18(10-15)28-4/h7-8,10,14,16H,5-6,9,11-13H2,1-4H3,(H,22,26)/t16-/m1/s1. The van der Waals surface area contributed by atoms with Gasteiger partial charge in [-0.05, 0) is 43.5 Å². The van der Waals surface area contributed by atoms with Crippen LogP contribution in [0.15, 0.2) is 22.7 Å². The molecule has 1 aliphatic rings. The summed E-state index contributed by atoms with van der Waals surface area (Å²) in [6, 6.07) is 5.50. The molecule has 2 heterocycles. The zero-order valence-corrected chi connectivity index (χ0v) is 17.6. The average molecular weight is 402 g/mol. The van der Waals surface area contributed by atoms with Crippen LogP contribution in [0.1, 0.15) is 32.6 Å². The Morgan fingerprint density at radius 1 is 1.31 bits per heavy atom. The van der Waals surface area contributed by atoms with Crippen LogP contribution in [0.3, 0.4) is 0 Å². The molecule has 0 aliphatic carbocycles. The van der Waals surface area contributed by atoms with Crippen molar-refractivity contribution >= 4 is 5.91 Å². The van der Waals surface area contributed by atoms with Gasteiger partial charge in [-0.2, -0.15) is 4.98 Å². The Hall–Kier alpha value is -2.61. The average Bonchev–Trinajstić information content (AvgIpc) is 3.20. The van der Waals surface area contributed by atoms with Crippen molar-refractivity contribution in [3.8, 4) is 22.9 Å². The van der Waals surface area contributed by atoms with Gasteiger partial charge in [-0.15, -0.1) is 0 Å². The highest BCUT2D eigenvalue weighted by Crippen LogP contribution is 2.31. The molecule has 1 atom stereocenters. The first kappa shape index (κ1) is 21.1. The molecule has 0 saturated carbocycles. The van der Waals surface area contributed by atoms with E-state index in [9.17, 15) is 4.79 Å². The van der Waals surface area contributed by atoms with Gasteiger partial charge in [0, 0.05) is 18.7 Å². The van der Waals surface area contributed by atoms with Gasteiger partial charge in [0.05, 0.1) is 26.7 Å². The zero-order chi connectivity index (χ0) is 20.8. The van der Waals surface area contributed by atoms with Gasteiger partial charge in [0.25, 0.3) is 0 Å². The van der Waals surface area contributed by atoms with E-state index in [1.165, 1.54) is 0 Å². The number of nitrogens with one attached hydrogen (secondary N) is 1. The fourth-order valence-electron chi connectivity index (χ4n) is 3.47. The Balaban J connectivity index is 1.62. The van der Waals surface area contributed by atoms with E-state index in [-0.39, 0.29) is 11.8 Å². The maximum absolute atomic E-state index is 12.4. The fourth-order valence-corrected chi connectivity index (χ4v) is 3.47. The van der Waals surface area contributed by atoms with Crippen LogP contribution in [0, 0.1) is 11.8 Å². The SMILES string of the molecule is COc1ccc(-c2noc(CN3CCC[C@@H](C(=O)NCC(C)C)C3)n2)cc1OC. The molecular weight excluding hydrogens is 372 g/mol. The maximum Gasteiger partial charge on any atom is 0.241 e. The third kappa shape index (κ3) is 5.47. The summed E-state index contributed by atoms with van der Waals surface area (Å²) in [5.74, 6) is 2.91. The Morgan fingerprint density at radius 3 is 2.83 bits per heavy atom. The van der Waals surface area contributed by atoms with E-state index in [4.69, 9.17) is 14.0 Å². The monoisotopic (exact) mass is 402 g/mol. The first-order valence-corrected chi connectivity index (χ1v) is 10.0. The Kier molecular flexibility index (Phi) is 7.09. The summed E-state index contributed by atoms with van der Waals surface area (Å²) in [7, 11) is 3.19. The molecule has 0 unspecified atom stereocenters. The van der Waals surface area contributed by atoms with Crippen LogP contribution in [0.2, 0.25) is 0 Å². The summed E-state index contributed by atoms with van der Waals surface area (Å²) < 4.78 is 16.1. The van der Waals surface area contributed by atoms with Crippen molar-refractivity contribution in [2.75, 3.05) is 33.9 Å². The molecule has 158 valence electrons. The molecule has 1 aromatic carbocycles. The lowest BCUT2D eigenvalue weighted by Crippen LogP contribution is -2.43. The summed E-state index contributed by atoms with van der Waals surface area (Å²) in [6.07, 6.45) is 1.90. The number of methoxy groups -OCH3 is 2. The van der Waals surface area contributed by atoms with E-state index >= 15 is 0 Å². The van der Waals surface area contributed by atoms with Gasteiger partial charge < -0.3 is 19.3 Å². The number of likely N-dealkylation sites (tertiary alicyclic amines) is 1. The van der Waals surface area contributed by atoms with E-state index in [1.807, 2.05) is 18.2 Å². The minimum Gasteiger partial charge on any atom is -0.493 e. The first-order valence-electron chi connectivity index (χ1n) is 10.0. The van der Waals surface area contributed by atoms with E-state index < -0.39 is 0 Å². The molecule has 0 bridgehead atoms. The highest BCUT2D eigenvalue weighted by molar-refractivity contribution is 5.78. The number of rotatable bonds is 8. The van der Waals surface area contributed by atoms with Gasteiger partial charge >= 0.3 is 0 Å². The van der Waals surface area contributed by atoms with Crippen LogP contribution in [0.4, 0.5) is 0 Å². The predicted molar refractivity (Wildman–Crippen MR) is 109 cm³/mol. The molecule has 1 fully saturated rings. The van der Waals surface area contributed by atoms with Crippen molar-refractivity contribution in [3.63, 3.8) is 0 Å².